The molecule has 0 saturated heterocycles. The van der Waals surface area contributed by atoms with Crippen LogP contribution in [0.3, 0.4) is 0 Å². The Morgan fingerprint density at radius 2 is 1.07 bits per heavy atom. The Morgan fingerprint density at radius 3 is 1.86 bits per heavy atom. The van der Waals surface area contributed by atoms with Crippen LogP contribution in [0.15, 0.2) is 127 Å². The Hall–Kier alpha value is -5.10. The van der Waals surface area contributed by atoms with Crippen LogP contribution in [0.1, 0.15) is 0 Å². The van der Waals surface area contributed by atoms with Crippen LogP contribution in [-0.2, 0) is 0 Å². The zero-order valence-corrected chi connectivity index (χ0v) is 24.4. The molecule has 0 atom stereocenters. The molecule has 10 aromatic rings. The van der Waals surface area contributed by atoms with Gasteiger partial charge in [0.2, 0.25) is 5.95 Å². The Labute approximate surface area is 253 Å². The van der Waals surface area contributed by atoms with Crippen molar-refractivity contribution in [3.63, 3.8) is 0 Å². The minimum atomic E-state index is 0.696. The number of thiophene rings is 2. The summed E-state index contributed by atoms with van der Waals surface area (Å²) in [5.74, 6) is 0.696. The summed E-state index contributed by atoms with van der Waals surface area (Å²) in [6, 6.07) is 45.2. The van der Waals surface area contributed by atoms with E-state index in [1.54, 1.807) is 0 Å². The monoisotopic (exact) mass is 583 g/mol. The molecule has 0 amide bonds. The number of benzene rings is 6. The van der Waals surface area contributed by atoms with E-state index in [2.05, 4.69) is 132 Å². The highest BCUT2D eigenvalue weighted by Gasteiger charge is 2.25. The maximum atomic E-state index is 5.36. The van der Waals surface area contributed by atoms with Gasteiger partial charge < -0.3 is 0 Å². The number of aromatic nitrogens is 3. The second-order valence-corrected chi connectivity index (χ2v) is 13.0. The van der Waals surface area contributed by atoms with Gasteiger partial charge in [-0.3, -0.25) is 4.57 Å². The van der Waals surface area contributed by atoms with Gasteiger partial charge >= 0.3 is 0 Å². The molecular weight excluding hydrogens is 563 g/mol. The lowest BCUT2D eigenvalue weighted by atomic mass is 10.0. The van der Waals surface area contributed by atoms with Crippen molar-refractivity contribution in [2.24, 2.45) is 0 Å². The number of fused-ring (bicyclic) bond motifs is 13. The van der Waals surface area contributed by atoms with Gasteiger partial charge in [0.1, 0.15) is 0 Å². The zero-order chi connectivity index (χ0) is 28.1. The largest absolute Gasteiger partial charge is 0.276 e. The first-order valence-electron chi connectivity index (χ1n) is 14.4. The van der Waals surface area contributed by atoms with Crippen molar-refractivity contribution in [2.45, 2.75) is 0 Å². The zero-order valence-electron chi connectivity index (χ0n) is 22.8. The maximum absolute atomic E-state index is 5.36. The fourth-order valence-electron chi connectivity index (χ4n) is 6.80. The van der Waals surface area contributed by atoms with Gasteiger partial charge in [0, 0.05) is 57.4 Å². The van der Waals surface area contributed by atoms with Crippen molar-refractivity contribution < 1.29 is 0 Å². The first-order chi connectivity index (χ1) is 21.3. The number of hydrogen-bond acceptors (Lipinski definition) is 4. The maximum Gasteiger partial charge on any atom is 0.235 e. The van der Waals surface area contributed by atoms with E-state index in [1.807, 2.05) is 22.7 Å². The summed E-state index contributed by atoms with van der Waals surface area (Å²) in [7, 11) is 0. The second kappa shape index (κ2) is 8.71. The average molecular weight is 584 g/mol. The van der Waals surface area contributed by atoms with Crippen molar-refractivity contribution in [3.05, 3.63) is 127 Å². The van der Waals surface area contributed by atoms with E-state index in [9.17, 15) is 0 Å². The minimum Gasteiger partial charge on any atom is -0.276 e. The summed E-state index contributed by atoms with van der Waals surface area (Å²) >= 11 is 3.78. The molecule has 6 aromatic carbocycles. The molecule has 3 nitrogen and oxygen atoms in total. The molecule has 43 heavy (non-hydrogen) atoms. The number of nitrogens with zero attached hydrogens (tertiary/aromatic N) is 3. The van der Waals surface area contributed by atoms with Gasteiger partial charge in [0.15, 0.2) is 0 Å². The molecule has 5 heteroatoms. The number of rotatable bonds is 2. The van der Waals surface area contributed by atoms with E-state index in [0.717, 1.165) is 27.7 Å². The standard InChI is InChI=1S/C38H21N3S2/c1-2-12-22(13-3-1)34-23-14-4-8-18-27(23)39-38(40-34)41-28-19-9-5-15-24(28)31-32-25-16-6-10-20-29(25)42-36(32)33-26-17-7-11-21-30(26)43-37(33)35(31)41/h1-21H. The van der Waals surface area contributed by atoms with Crippen LogP contribution in [0.2, 0.25) is 0 Å². The SMILES string of the molecule is c1ccc(-c2nc(-n3c4ccccc4c4c5c6ccccc6sc5c5c6ccccc6sc5c43)nc3ccccc23)cc1. The van der Waals surface area contributed by atoms with Crippen LogP contribution in [0.25, 0.3) is 90.3 Å². The number of para-hydroxylation sites is 2. The second-order valence-electron chi connectivity index (χ2n) is 10.9. The topological polar surface area (TPSA) is 30.7 Å². The summed E-state index contributed by atoms with van der Waals surface area (Å²) in [5.41, 5.74) is 5.27. The quantitative estimate of drug-likeness (QED) is 0.203. The minimum absolute atomic E-state index is 0.696. The Balaban J connectivity index is 1.48. The third kappa shape index (κ3) is 3.18. The van der Waals surface area contributed by atoms with Crippen molar-refractivity contribution in [2.75, 3.05) is 0 Å². The average Bonchev–Trinajstić information content (AvgIpc) is 3.74. The summed E-state index contributed by atoms with van der Waals surface area (Å²) in [6.07, 6.45) is 0. The molecule has 0 bridgehead atoms. The molecule has 4 heterocycles. The van der Waals surface area contributed by atoms with Crippen LogP contribution in [-0.4, -0.2) is 14.5 Å². The highest BCUT2D eigenvalue weighted by molar-refractivity contribution is 7.30. The van der Waals surface area contributed by atoms with Gasteiger partial charge in [0.05, 0.1) is 26.9 Å². The Bertz CT molecular complexity index is 2730. The molecular formula is C38H21N3S2. The van der Waals surface area contributed by atoms with Gasteiger partial charge in [-0.25, -0.2) is 9.97 Å². The summed E-state index contributed by atoms with van der Waals surface area (Å²) in [6.45, 7) is 0. The molecule has 0 saturated carbocycles. The third-order valence-electron chi connectivity index (χ3n) is 8.60. The third-order valence-corrected chi connectivity index (χ3v) is 11.0. The van der Waals surface area contributed by atoms with Crippen molar-refractivity contribution in [3.8, 4) is 17.2 Å². The van der Waals surface area contributed by atoms with E-state index < -0.39 is 0 Å². The lowest BCUT2D eigenvalue weighted by Gasteiger charge is -2.12. The van der Waals surface area contributed by atoms with E-state index in [0.29, 0.717) is 5.95 Å². The van der Waals surface area contributed by atoms with Crippen molar-refractivity contribution >= 4 is 95.7 Å². The van der Waals surface area contributed by atoms with Crippen molar-refractivity contribution in [1.29, 1.82) is 0 Å². The lowest BCUT2D eigenvalue weighted by Crippen LogP contribution is -2.03. The predicted octanol–water partition coefficient (Wildman–Crippen LogP) is 11.1. The molecule has 4 aromatic heterocycles. The lowest BCUT2D eigenvalue weighted by molar-refractivity contribution is 1.02. The number of hydrogen-bond donors (Lipinski definition) is 0. The molecule has 0 aliphatic rings. The molecule has 200 valence electrons. The van der Waals surface area contributed by atoms with Crippen LogP contribution < -0.4 is 0 Å². The van der Waals surface area contributed by atoms with Gasteiger partial charge in [-0.1, -0.05) is 103 Å². The molecule has 10 rings (SSSR count). The van der Waals surface area contributed by atoms with Gasteiger partial charge in [-0.05, 0) is 24.3 Å². The summed E-state index contributed by atoms with van der Waals surface area (Å²) in [5, 5.41) is 8.82. The summed E-state index contributed by atoms with van der Waals surface area (Å²) in [4.78, 5) is 10.6. The molecule has 0 aliphatic heterocycles. The van der Waals surface area contributed by atoms with Crippen LogP contribution in [0.4, 0.5) is 0 Å². The first kappa shape index (κ1) is 23.5. The van der Waals surface area contributed by atoms with E-state index >= 15 is 0 Å². The van der Waals surface area contributed by atoms with Crippen LogP contribution in [0, 0.1) is 0 Å². The molecule has 0 fully saturated rings. The molecule has 0 aliphatic carbocycles. The highest BCUT2D eigenvalue weighted by Crippen LogP contribution is 2.51. The first-order valence-corrected chi connectivity index (χ1v) is 16.0. The highest BCUT2D eigenvalue weighted by atomic mass is 32.1. The smallest absolute Gasteiger partial charge is 0.235 e. The fourth-order valence-corrected chi connectivity index (χ4v) is 9.39. The van der Waals surface area contributed by atoms with Gasteiger partial charge in [0.25, 0.3) is 0 Å². The van der Waals surface area contributed by atoms with Crippen molar-refractivity contribution in [1.82, 2.24) is 14.5 Å². The Morgan fingerprint density at radius 1 is 0.465 bits per heavy atom. The molecule has 0 radical (unpaired) electrons. The normalized spacial score (nSPS) is 12.2. The Kier molecular flexibility index (Phi) is 4.75. The van der Waals surface area contributed by atoms with Crippen LogP contribution in [0.5, 0.6) is 0 Å². The molecule has 0 N–H and O–H groups in total. The molecule has 0 unspecified atom stereocenters. The van der Waals surface area contributed by atoms with E-state index in [-0.39, 0.29) is 0 Å². The fraction of sp³-hybridized carbons (Fsp3) is 0. The predicted molar refractivity (Wildman–Crippen MR) is 185 cm³/mol. The van der Waals surface area contributed by atoms with Gasteiger partial charge in [-0.2, -0.15) is 0 Å². The van der Waals surface area contributed by atoms with E-state index in [4.69, 9.17) is 9.97 Å². The van der Waals surface area contributed by atoms with E-state index in [1.165, 1.54) is 56.6 Å². The van der Waals surface area contributed by atoms with Crippen LogP contribution >= 0.6 is 22.7 Å². The molecule has 0 spiro atoms. The summed E-state index contributed by atoms with van der Waals surface area (Å²) < 4.78 is 7.57. The van der Waals surface area contributed by atoms with Gasteiger partial charge in [-0.15, -0.1) is 22.7 Å².